The Morgan fingerprint density at radius 1 is 1.43 bits per heavy atom. The van der Waals surface area contributed by atoms with Crippen LogP contribution in [0, 0.1) is 11.3 Å². The van der Waals surface area contributed by atoms with E-state index in [9.17, 15) is 4.79 Å². The van der Waals surface area contributed by atoms with E-state index in [4.69, 9.17) is 11.0 Å². The van der Waals surface area contributed by atoms with E-state index in [1.807, 2.05) is 6.07 Å². The lowest BCUT2D eigenvalue weighted by Gasteiger charge is -1.89. The first kappa shape index (κ1) is 8.25. The summed E-state index contributed by atoms with van der Waals surface area (Å²) in [6.45, 7) is 0. The number of H-pyrrole nitrogens is 2. The zero-order chi connectivity index (χ0) is 10.1. The fraction of sp³-hybridized carbons (Fsp3) is 0.143. The van der Waals surface area contributed by atoms with Crippen LogP contribution in [0.4, 0.5) is 5.95 Å². The minimum atomic E-state index is -0.385. The summed E-state index contributed by atoms with van der Waals surface area (Å²) in [7, 11) is 0. The molecule has 0 unspecified atom stereocenters. The number of nitrogens with zero attached hydrogens (tertiary/aromatic N) is 3. The van der Waals surface area contributed by atoms with E-state index in [1.54, 1.807) is 0 Å². The molecule has 0 aliphatic carbocycles. The molecule has 0 fully saturated rings. The van der Waals surface area contributed by atoms with Gasteiger partial charge in [0.25, 0.3) is 5.56 Å². The van der Waals surface area contributed by atoms with Crippen molar-refractivity contribution in [1.82, 2.24) is 19.9 Å². The standard InChI is InChI=1S/C7H6N6O/c8-2-1-3-10-4-5(11-3)12-7(9)13-6(4)14/h1H2,(H4,9,10,11,12,13,14). The van der Waals surface area contributed by atoms with E-state index in [-0.39, 0.29) is 29.1 Å². The highest BCUT2D eigenvalue weighted by Gasteiger charge is 2.07. The summed E-state index contributed by atoms with van der Waals surface area (Å²) < 4.78 is 0. The molecule has 0 saturated carbocycles. The minimum absolute atomic E-state index is 0.0116. The molecule has 0 spiro atoms. The lowest BCUT2D eigenvalue weighted by atomic mass is 10.5. The Morgan fingerprint density at radius 2 is 2.21 bits per heavy atom. The molecule has 0 radical (unpaired) electrons. The zero-order valence-electron chi connectivity index (χ0n) is 7.03. The van der Waals surface area contributed by atoms with Crippen molar-refractivity contribution in [2.45, 2.75) is 6.42 Å². The maximum atomic E-state index is 11.3. The van der Waals surface area contributed by atoms with Gasteiger partial charge < -0.3 is 10.7 Å². The number of hydrogen-bond acceptors (Lipinski definition) is 5. The van der Waals surface area contributed by atoms with Gasteiger partial charge in [-0.2, -0.15) is 10.2 Å². The quantitative estimate of drug-likeness (QED) is 0.548. The molecule has 0 aliphatic heterocycles. The van der Waals surface area contributed by atoms with Crippen molar-refractivity contribution in [2.24, 2.45) is 0 Å². The lowest BCUT2D eigenvalue weighted by Crippen LogP contribution is -2.10. The van der Waals surface area contributed by atoms with Crippen LogP contribution in [0.3, 0.4) is 0 Å². The van der Waals surface area contributed by atoms with Gasteiger partial charge in [0.2, 0.25) is 5.95 Å². The van der Waals surface area contributed by atoms with Gasteiger partial charge >= 0.3 is 0 Å². The zero-order valence-corrected chi connectivity index (χ0v) is 7.03. The van der Waals surface area contributed by atoms with Gasteiger partial charge in [-0.1, -0.05) is 0 Å². The Labute approximate surface area is 77.6 Å². The molecule has 7 nitrogen and oxygen atoms in total. The third-order valence-corrected chi connectivity index (χ3v) is 1.68. The highest BCUT2D eigenvalue weighted by Crippen LogP contribution is 2.04. The number of nitrogen functional groups attached to an aromatic ring is 1. The molecule has 0 saturated heterocycles. The Kier molecular flexibility index (Phi) is 1.68. The van der Waals surface area contributed by atoms with E-state index in [0.29, 0.717) is 5.82 Å². The highest BCUT2D eigenvalue weighted by atomic mass is 16.1. The molecule has 14 heavy (non-hydrogen) atoms. The molecule has 0 atom stereocenters. The molecule has 4 N–H and O–H groups in total. The van der Waals surface area contributed by atoms with Crippen molar-refractivity contribution >= 4 is 17.1 Å². The summed E-state index contributed by atoms with van der Waals surface area (Å²) in [4.78, 5) is 24.1. The fourth-order valence-corrected chi connectivity index (χ4v) is 1.13. The van der Waals surface area contributed by atoms with Crippen molar-refractivity contribution in [3.05, 3.63) is 16.2 Å². The Hall–Kier alpha value is -2.36. The molecule has 2 rings (SSSR count). The summed E-state index contributed by atoms with van der Waals surface area (Å²) in [6.07, 6.45) is 0.107. The monoisotopic (exact) mass is 190 g/mol. The van der Waals surface area contributed by atoms with Crippen molar-refractivity contribution < 1.29 is 0 Å². The van der Waals surface area contributed by atoms with Crippen molar-refractivity contribution in [3.63, 3.8) is 0 Å². The predicted molar refractivity (Wildman–Crippen MR) is 48.2 cm³/mol. The van der Waals surface area contributed by atoms with Crippen LogP contribution in [0.2, 0.25) is 0 Å². The van der Waals surface area contributed by atoms with Gasteiger partial charge in [-0.05, 0) is 0 Å². The summed E-state index contributed by atoms with van der Waals surface area (Å²) in [5.74, 6) is 0.420. The largest absolute Gasteiger partial charge is 0.369 e. The molecule has 2 aromatic heterocycles. The lowest BCUT2D eigenvalue weighted by molar-refractivity contribution is 1.07. The number of imidazole rings is 1. The first-order valence-corrected chi connectivity index (χ1v) is 3.82. The number of aromatic nitrogens is 4. The minimum Gasteiger partial charge on any atom is -0.369 e. The second kappa shape index (κ2) is 2.85. The van der Waals surface area contributed by atoms with E-state index < -0.39 is 0 Å². The molecular formula is C7H6N6O. The SMILES string of the molecule is N#CCc1nc2nc(N)[nH]c(=O)c2[nH]1. The number of fused-ring (bicyclic) bond motifs is 1. The van der Waals surface area contributed by atoms with Crippen LogP contribution in [0.15, 0.2) is 4.79 Å². The van der Waals surface area contributed by atoms with Gasteiger partial charge in [0.15, 0.2) is 11.2 Å². The average Bonchev–Trinajstić information content (AvgIpc) is 2.48. The number of nitrogens with one attached hydrogen (secondary N) is 2. The van der Waals surface area contributed by atoms with Gasteiger partial charge in [0, 0.05) is 0 Å². The molecule has 0 bridgehead atoms. The van der Waals surface area contributed by atoms with Crippen LogP contribution in [0.1, 0.15) is 5.82 Å². The van der Waals surface area contributed by atoms with E-state index in [2.05, 4.69) is 19.9 Å². The van der Waals surface area contributed by atoms with Gasteiger partial charge in [0.05, 0.1) is 12.5 Å². The van der Waals surface area contributed by atoms with Crippen LogP contribution in [0.5, 0.6) is 0 Å². The Balaban J connectivity index is 2.72. The number of hydrogen-bond donors (Lipinski definition) is 3. The molecule has 0 amide bonds. The summed E-state index contributed by atoms with van der Waals surface area (Å²) >= 11 is 0. The van der Waals surface area contributed by atoms with E-state index >= 15 is 0 Å². The fourth-order valence-electron chi connectivity index (χ4n) is 1.13. The summed E-state index contributed by atoms with van der Waals surface area (Å²) in [5.41, 5.74) is 5.41. The van der Waals surface area contributed by atoms with Crippen LogP contribution < -0.4 is 11.3 Å². The molecule has 2 aromatic rings. The third-order valence-electron chi connectivity index (χ3n) is 1.68. The topological polar surface area (TPSA) is 124 Å². The summed E-state index contributed by atoms with van der Waals surface area (Å²) in [5, 5.41) is 8.43. The first-order valence-electron chi connectivity index (χ1n) is 3.82. The smallest absolute Gasteiger partial charge is 0.278 e. The number of nitriles is 1. The van der Waals surface area contributed by atoms with Crippen molar-refractivity contribution in [2.75, 3.05) is 5.73 Å². The molecule has 2 heterocycles. The van der Waals surface area contributed by atoms with Crippen LogP contribution >= 0.6 is 0 Å². The van der Waals surface area contributed by atoms with E-state index in [0.717, 1.165) is 0 Å². The Bertz CT molecular complexity index is 574. The van der Waals surface area contributed by atoms with Gasteiger partial charge in [0.1, 0.15) is 5.82 Å². The number of anilines is 1. The molecule has 0 aliphatic rings. The van der Waals surface area contributed by atoms with E-state index in [1.165, 1.54) is 0 Å². The maximum Gasteiger partial charge on any atom is 0.278 e. The first-order chi connectivity index (χ1) is 6.70. The molecule has 70 valence electrons. The second-order valence-electron chi connectivity index (χ2n) is 2.67. The molecular weight excluding hydrogens is 184 g/mol. The predicted octanol–water partition coefficient (Wildman–Crippen LogP) is -0.706. The molecule has 7 heteroatoms. The highest BCUT2D eigenvalue weighted by molar-refractivity contribution is 5.70. The van der Waals surface area contributed by atoms with Crippen LogP contribution in [-0.2, 0) is 6.42 Å². The van der Waals surface area contributed by atoms with Crippen molar-refractivity contribution in [3.8, 4) is 6.07 Å². The average molecular weight is 190 g/mol. The number of rotatable bonds is 1. The normalized spacial score (nSPS) is 10.2. The van der Waals surface area contributed by atoms with Gasteiger partial charge in [-0.3, -0.25) is 9.78 Å². The van der Waals surface area contributed by atoms with Gasteiger partial charge in [-0.25, -0.2) is 4.98 Å². The Morgan fingerprint density at radius 3 is 2.93 bits per heavy atom. The number of aromatic amines is 2. The number of nitrogens with two attached hydrogens (primary N) is 1. The summed E-state index contributed by atoms with van der Waals surface area (Å²) in [6, 6.07) is 1.91. The van der Waals surface area contributed by atoms with Crippen molar-refractivity contribution in [1.29, 1.82) is 5.26 Å². The van der Waals surface area contributed by atoms with Gasteiger partial charge in [-0.15, -0.1) is 0 Å². The van der Waals surface area contributed by atoms with Crippen LogP contribution in [0.25, 0.3) is 11.2 Å². The molecule has 0 aromatic carbocycles. The third kappa shape index (κ3) is 1.19. The maximum absolute atomic E-state index is 11.3. The van der Waals surface area contributed by atoms with Crippen LogP contribution in [-0.4, -0.2) is 19.9 Å². The second-order valence-corrected chi connectivity index (χ2v) is 2.67.